The Morgan fingerprint density at radius 3 is 2.67 bits per heavy atom. The Balaban J connectivity index is 1.57. The molecule has 0 radical (unpaired) electrons. The van der Waals surface area contributed by atoms with Gasteiger partial charge in [-0.3, -0.25) is 4.98 Å². The molecule has 2 heterocycles. The van der Waals surface area contributed by atoms with Crippen molar-refractivity contribution in [1.82, 2.24) is 15.3 Å². The van der Waals surface area contributed by atoms with Crippen molar-refractivity contribution in [2.24, 2.45) is 0 Å². The van der Waals surface area contributed by atoms with Crippen LogP contribution in [0.1, 0.15) is 11.3 Å². The van der Waals surface area contributed by atoms with Crippen LogP contribution >= 0.6 is 22.9 Å². The van der Waals surface area contributed by atoms with E-state index in [0.29, 0.717) is 0 Å². The maximum absolute atomic E-state index is 5.87. The van der Waals surface area contributed by atoms with Crippen molar-refractivity contribution in [3.63, 3.8) is 0 Å². The van der Waals surface area contributed by atoms with Crippen molar-refractivity contribution in [3.05, 3.63) is 70.3 Å². The Kier molecular flexibility index (Phi) is 4.60. The van der Waals surface area contributed by atoms with E-state index >= 15 is 0 Å². The number of nitrogens with zero attached hydrogens (tertiary/aromatic N) is 2. The molecule has 0 unspecified atom stereocenters. The summed E-state index contributed by atoms with van der Waals surface area (Å²) in [6.07, 6.45) is 1.79. The van der Waals surface area contributed by atoms with Crippen LogP contribution in [0.4, 0.5) is 0 Å². The molecule has 0 saturated heterocycles. The summed E-state index contributed by atoms with van der Waals surface area (Å²) in [5, 5.41) is 7.17. The zero-order chi connectivity index (χ0) is 14.5. The second-order valence-corrected chi connectivity index (χ2v) is 5.88. The second-order valence-electron chi connectivity index (χ2n) is 4.59. The maximum Gasteiger partial charge on any atom is 0.142 e. The van der Waals surface area contributed by atoms with Gasteiger partial charge in [-0.05, 0) is 29.8 Å². The largest absolute Gasteiger partial charge is 0.307 e. The van der Waals surface area contributed by atoms with Gasteiger partial charge in [-0.1, -0.05) is 29.8 Å². The molecule has 3 nitrogen and oxygen atoms in total. The summed E-state index contributed by atoms with van der Waals surface area (Å²) in [5.74, 6) is 0. The quantitative estimate of drug-likeness (QED) is 0.768. The lowest BCUT2D eigenvalue weighted by Gasteiger charge is -2.03. The van der Waals surface area contributed by atoms with Crippen LogP contribution in [0.2, 0.25) is 5.02 Å². The van der Waals surface area contributed by atoms with Crippen molar-refractivity contribution in [1.29, 1.82) is 0 Å². The van der Waals surface area contributed by atoms with E-state index in [2.05, 4.69) is 20.7 Å². The molecule has 0 aliphatic rings. The Labute approximate surface area is 132 Å². The number of hydrogen-bond acceptors (Lipinski definition) is 4. The predicted molar refractivity (Wildman–Crippen MR) is 87.3 cm³/mol. The van der Waals surface area contributed by atoms with Crippen molar-refractivity contribution in [3.8, 4) is 10.7 Å². The molecule has 0 amide bonds. The SMILES string of the molecule is Clc1ccc(CNCc2csc(-c3ccccn3)n2)cc1. The summed E-state index contributed by atoms with van der Waals surface area (Å²) in [6, 6.07) is 13.7. The molecule has 0 spiro atoms. The van der Waals surface area contributed by atoms with Gasteiger partial charge in [-0.15, -0.1) is 11.3 Å². The smallest absolute Gasteiger partial charge is 0.142 e. The third-order valence-corrected chi connectivity index (χ3v) is 4.15. The first-order valence-electron chi connectivity index (χ1n) is 6.62. The van der Waals surface area contributed by atoms with Crippen LogP contribution < -0.4 is 5.32 Å². The average Bonchev–Trinajstić information content (AvgIpc) is 2.99. The van der Waals surface area contributed by atoms with Crippen molar-refractivity contribution in [2.45, 2.75) is 13.1 Å². The number of pyridine rings is 1. The minimum atomic E-state index is 0.742. The average molecular weight is 316 g/mol. The zero-order valence-corrected chi connectivity index (χ0v) is 12.9. The van der Waals surface area contributed by atoms with Crippen LogP contribution in [-0.4, -0.2) is 9.97 Å². The number of thiazole rings is 1. The van der Waals surface area contributed by atoms with Gasteiger partial charge < -0.3 is 5.32 Å². The number of halogens is 1. The first-order valence-corrected chi connectivity index (χ1v) is 7.88. The highest BCUT2D eigenvalue weighted by Gasteiger charge is 2.05. The summed E-state index contributed by atoms with van der Waals surface area (Å²) in [5.41, 5.74) is 3.17. The zero-order valence-electron chi connectivity index (χ0n) is 11.3. The lowest BCUT2D eigenvalue weighted by Crippen LogP contribution is -2.12. The molecular formula is C16H14ClN3S. The van der Waals surface area contributed by atoms with Gasteiger partial charge in [0.15, 0.2) is 0 Å². The molecule has 0 fully saturated rings. The minimum absolute atomic E-state index is 0.742. The molecular weight excluding hydrogens is 302 g/mol. The van der Waals surface area contributed by atoms with Crippen LogP contribution in [-0.2, 0) is 13.1 Å². The van der Waals surface area contributed by atoms with Crippen LogP contribution in [0, 0.1) is 0 Å². The summed E-state index contributed by atoms with van der Waals surface area (Å²) >= 11 is 7.49. The van der Waals surface area contributed by atoms with E-state index in [1.807, 2.05) is 42.5 Å². The Hall–Kier alpha value is -1.75. The summed E-state index contributed by atoms with van der Waals surface area (Å²) < 4.78 is 0. The summed E-state index contributed by atoms with van der Waals surface area (Å²) in [4.78, 5) is 8.91. The van der Waals surface area contributed by atoms with Crippen molar-refractivity contribution < 1.29 is 0 Å². The van der Waals surface area contributed by atoms with Gasteiger partial charge in [-0.2, -0.15) is 0 Å². The van der Waals surface area contributed by atoms with Gasteiger partial charge in [0.1, 0.15) is 5.01 Å². The van der Waals surface area contributed by atoms with Gasteiger partial charge in [0.25, 0.3) is 0 Å². The van der Waals surface area contributed by atoms with E-state index in [-0.39, 0.29) is 0 Å². The Morgan fingerprint density at radius 1 is 1.05 bits per heavy atom. The van der Waals surface area contributed by atoms with E-state index in [0.717, 1.165) is 34.5 Å². The van der Waals surface area contributed by atoms with Gasteiger partial charge in [0, 0.05) is 29.7 Å². The van der Waals surface area contributed by atoms with Crippen LogP contribution in [0.3, 0.4) is 0 Å². The molecule has 5 heteroatoms. The predicted octanol–water partition coefficient (Wildman–Crippen LogP) is 4.15. The van der Waals surface area contributed by atoms with E-state index in [9.17, 15) is 0 Å². The monoisotopic (exact) mass is 315 g/mol. The van der Waals surface area contributed by atoms with E-state index in [4.69, 9.17) is 11.6 Å². The summed E-state index contributed by atoms with van der Waals surface area (Å²) in [7, 11) is 0. The molecule has 3 rings (SSSR count). The maximum atomic E-state index is 5.87. The number of nitrogens with one attached hydrogen (secondary N) is 1. The molecule has 0 atom stereocenters. The third-order valence-electron chi connectivity index (χ3n) is 2.98. The second kappa shape index (κ2) is 6.80. The molecule has 1 N–H and O–H groups in total. The molecule has 106 valence electrons. The van der Waals surface area contributed by atoms with Gasteiger partial charge in [0.05, 0.1) is 11.4 Å². The molecule has 0 aliphatic heterocycles. The third kappa shape index (κ3) is 3.88. The first kappa shape index (κ1) is 14.2. The fourth-order valence-corrected chi connectivity index (χ4v) is 2.85. The van der Waals surface area contributed by atoms with Crippen LogP contribution in [0.5, 0.6) is 0 Å². The Bertz CT molecular complexity index is 695. The lowest BCUT2D eigenvalue weighted by molar-refractivity contribution is 0.683. The van der Waals surface area contributed by atoms with Crippen LogP contribution in [0.25, 0.3) is 10.7 Å². The molecule has 0 aliphatic carbocycles. The van der Waals surface area contributed by atoms with Gasteiger partial charge in [0.2, 0.25) is 0 Å². The lowest BCUT2D eigenvalue weighted by atomic mass is 10.2. The fourth-order valence-electron chi connectivity index (χ4n) is 1.93. The summed E-state index contributed by atoms with van der Waals surface area (Å²) in [6.45, 7) is 1.54. The minimum Gasteiger partial charge on any atom is -0.307 e. The highest BCUT2D eigenvalue weighted by atomic mass is 35.5. The standard InChI is InChI=1S/C16H14ClN3S/c17-13-6-4-12(5-7-13)9-18-10-14-11-21-16(20-14)15-3-1-2-8-19-15/h1-8,11,18H,9-10H2. The van der Waals surface area contributed by atoms with E-state index < -0.39 is 0 Å². The number of rotatable bonds is 5. The van der Waals surface area contributed by atoms with E-state index in [1.165, 1.54) is 5.56 Å². The molecule has 0 bridgehead atoms. The first-order chi connectivity index (χ1) is 10.3. The highest BCUT2D eigenvalue weighted by molar-refractivity contribution is 7.13. The van der Waals surface area contributed by atoms with Crippen molar-refractivity contribution >= 4 is 22.9 Å². The molecule has 21 heavy (non-hydrogen) atoms. The molecule has 0 saturated carbocycles. The molecule has 1 aromatic carbocycles. The van der Waals surface area contributed by atoms with Crippen LogP contribution in [0.15, 0.2) is 54.0 Å². The molecule has 2 aromatic heterocycles. The number of hydrogen-bond donors (Lipinski definition) is 1. The van der Waals surface area contributed by atoms with E-state index in [1.54, 1.807) is 17.5 Å². The number of aromatic nitrogens is 2. The normalized spacial score (nSPS) is 10.7. The highest BCUT2D eigenvalue weighted by Crippen LogP contribution is 2.21. The molecule has 3 aromatic rings. The Morgan fingerprint density at radius 2 is 1.90 bits per heavy atom. The van der Waals surface area contributed by atoms with Crippen molar-refractivity contribution in [2.75, 3.05) is 0 Å². The van der Waals surface area contributed by atoms with Gasteiger partial charge in [-0.25, -0.2) is 4.98 Å². The van der Waals surface area contributed by atoms with Gasteiger partial charge >= 0.3 is 0 Å². The number of benzene rings is 1. The topological polar surface area (TPSA) is 37.8 Å². The fraction of sp³-hybridized carbons (Fsp3) is 0.125.